The lowest BCUT2D eigenvalue weighted by molar-refractivity contribution is -0.127. The number of rotatable bonds is 4. The number of carbonyl (C=O) groups is 2. The van der Waals surface area contributed by atoms with Crippen molar-refractivity contribution in [2.75, 3.05) is 0 Å². The molecule has 0 rings (SSSR count). The van der Waals surface area contributed by atoms with Crippen molar-refractivity contribution < 1.29 is 9.59 Å². The molecule has 0 bridgehead atoms. The van der Waals surface area contributed by atoms with E-state index >= 15 is 0 Å². The number of hydrogen-bond donors (Lipinski definition) is 3. The van der Waals surface area contributed by atoms with Gasteiger partial charge >= 0.3 is 0 Å². The summed E-state index contributed by atoms with van der Waals surface area (Å²) in [6.07, 6.45) is 0. The standard InChI is InChI=1S/C8H16N2O2S/c1-4(2)6(13)8(12)10-5(3)7(9)11/h4-6,13H,1-3H3,(H2,9,11)(H,10,12). The van der Waals surface area contributed by atoms with Crippen molar-refractivity contribution in [3.8, 4) is 0 Å². The summed E-state index contributed by atoms with van der Waals surface area (Å²) in [5.74, 6) is -0.675. The molecule has 0 aliphatic carbocycles. The van der Waals surface area contributed by atoms with Gasteiger partial charge in [0.05, 0.1) is 5.25 Å². The topological polar surface area (TPSA) is 72.2 Å². The van der Waals surface area contributed by atoms with Crippen LogP contribution < -0.4 is 11.1 Å². The SMILES string of the molecule is CC(NC(=O)C(S)C(C)C)C(N)=O. The van der Waals surface area contributed by atoms with E-state index in [2.05, 4.69) is 17.9 Å². The molecule has 0 heterocycles. The van der Waals surface area contributed by atoms with Crippen molar-refractivity contribution >= 4 is 24.4 Å². The molecule has 0 fully saturated rings. The lowest BCUT2D eigenvalue weighted by Crippen LogP contribution is -2.46. The summed E-state index contributed by atoms with van der Waals surface area (Å²) in [4.78, 5) is 21.9. The van der Waals surface area contributed by atoms with Crippen molar-refractivity contribution in [1.29, 1.82) is 0 Å². The monoisotopic (exact) mass is 204 g/mol. The summed E-state index contributed by atoms with van der Waals surface area (Å²) in [6, 6.07) is -0.638. The molecule has 0 saturated heterocycles. The van der Waals surface area contributed by atoms with Gasteiger partial charge < -0.3 is 11.1 Å². The Hall–Kier alpha value is -0.710. The van der Waals surface area contributed by atoms with E-state index in [1.165, 1.54) is 0 Å². The van der Waals surface area contributed by atoms with Crippen LogP contribution in [-0.2, 0) is 9.59 Å². The minimum Gasteiger partial charge on any atom is -0.368 e. The molecule has 76 valence electrons. The van der Waals surface area contributed by atoms with Gasteiger partial charge in [-0.25, -0.2) is 0 Å². The lowest BCUT2D eigenvalue weighted by atomic mass is 10.1. The summed E-state index contributed by atoms with van der Waals surface area (Å²) in [6.45, 7) is 5.30. The average Bonchev–Trinajstić information content (AvgIpc) is 2.02. The van der Waals surface area contributed by atoms with Crippen LogP contribution in [0.4, 0.5) is 0 Å². The number of nitrogens with one attached hydrogen (secondary N) is 1. The normalized spacial score (nSPS) is 15.2. The van der Waals surface area contributed by atoms with Gasteiger partial charge in [0.15, 0.2) is 0 Å². The second-order valence-corrected chi connectivity index (χ2v) is 3.88. The predicted octanol–water partition coefficient (Wildman–Crippen LogP) is -0.0692. The van der Waals surface area contributed by atoms with Crippen LogP contribution in [0.15, 0.2) is 0 Å². The highest BCUT2D eigenvalue weighted by Gasteiger charge is 2.20. The molecule has 2 unspecified atom stereocenters. The van der Waals surface area contributed by atoms with E-state index in [1.807, 2.05) is 13.8 Å². The van der Waals surface area contributed by atoms with Gasteiger partial charge in [0.25, 0.3) is 0 Å². The van der Waals surface area contributed by atoms with Gasteiger partial charge in [0, 0.05) is 0 Å². The fraction of sp³-hybridized carbons (Fsp3) is 0.750. The van der Waals surface area contributed by atoms with Gasteiger partial charge in [0.2, 0.25) is 11.8 Å². The zero-order chi connectivity index (χ0) is 10.6. The van der Waals surface area contributed by atoms with Gasteiger partial charge in [-0.2, -0.15) is 12.6 Å². The average molecular weight is 204 g/mol. The fourth-order valence-electron chi connectivity index (χ4n) is 0.673. The minimum absolute atomic E-state index is 0.128. The van der Waals surface area contributed by atoms with E-state index in [1.54, 1.807) is 6.92 Å². The quantitative estimate of drug-likeness (QED) is 0.561. The van der Waals surface area contributed by atoms with Crippen LogP contribution in [0.2, 0.25) is 0 Å². The van der Waals surface area contributed by atoms with Crippen LogP contribution in [-0.4, -0.2) is 23.1 Å². The molecular formula is C8H16N2O2S. The maximum absolute atomic E-state index is 11.3. The summed E-state index contributed by atoms with van der Waals surface area (Å²) in [5, 5.41) is 2.07. The van der Waals surface area contributed by atoms with E-state index in [9.17, 15) is 9.59 Å². The number of thiol groups is 1. The minimum atomic E-state index is -0.638. The van der Waals surface area contributed by atoms with E-state index in [0.717, 1.165) is 0 Å². The first-order chi connectivity index (χ1) is 5.86. The largest absolute Gasteiger partial charge is 0.368 e. The summed E-state index contributed by atoms with van der Waals surface area (Å²) in [5.41, 5.74) is 4.98. The number of amides is 2. The zero-order valence-electron chi connectivity index (χ0n) is 8.07. The molecule has 0 aliphatic rings. The zero-order valence-corrected chi connectivity index (χ0v) is 8.97. The molecule has 13 heavy (non-hydrogen) atoms. The first kappa shape index (κ1) is 12.3. The highest BCUT2D eigenvalue weighted by molar-refractivity contribution is 7.81. The molecule has 4 nitrogen and oxygen atoms in total. The smallest absolute Gasteiger partial charge is 0.239 e. The Balaban J connectivity index is 4.08. The molecule has 0 aromatic rings. The van der Waals surface area contributed by atoms with Crippen LogP contribution in [0, 0.1) is 5.92 Å². The molecule has 0 aromatic carbocycles. The predicted molar refractivity (Wildman–Crippen MR) is 54.4 cm³/mol. The second-order valence-electron chi connectivity index (χ2n) is 3.32. The number of carbonyl (C=O) groups excluding carboxylic acids is 2. The van der Waals surface area contributed by atoms with E-state index in [0.29, 0.717) is 0 Å². The maximum atomic E-state index is 11.3. The Morgan fingerprint density at radius 3 is 2.08 bits per heavy atom. The van der Waals surface area contributed by atoms with Gasteiger partial charge in [-0.1, -0.05) is 13.8 Å². The van der Waals surface area contributed by atoms with Crippen molar-refractivity contribution in [2.24, 2.45) is 11.7 Å². The van der Waals surface area contributed by atoms with Crippen molar-refractivity contribution in [2.45, 2.75) is 32.1 Å². The Labute approximate surface area is 83.7 Å². The third kappa shape index (κ3) is 4.17. The lowest BCUT2D eigenvalue weighted by Gasteiger charge is -2.16. The summed E-state index contributed by atoms with van der Waals surface area (Å²) < 4.78 is 0. The number of hydrogen-bond acceptors (Lipinski definition) is 3. The highest BCUT2D eigenvalue weighted by Crippen LogP contribution is 2.08. The van der Waals surface area contributed by atoms with Crippen molar-refractivity contribution in [3.63, 3.8) is 0 Å². The van der Waals surface area contributed by atoms with Crippen LogP contribution in [0.1, 0.15) is 20.8 Å². The Morgan fingerprint density at radius 2 is 1.77 bits per heavy atom. The third-order valence-electron chi connectivity index (χ3n) is 1.69. The van der Waals surface area contributed by atoms with Crippen LogP contribution in [0.5, 0.6) is 0 Å². The maximum Gasteiger partial charge on any atom is 0.239 e. The molecule has 0 aromatic heterocycles. The first-order valence-corrected chi connectivity index (χ1v) is 4.65. The Kier molecular flexibility index (Phi) is 4.83. The molecular weight excluding hydrogens is 188 g/mol. The van der Waals surface area contributed by atoms with E-state index in [-0.39, 0.29) is 11.8 Å². The molecule has 0 spiro atoms. The van der Waals surface area contributed by atoms with Gasteiger partial charge in [0.1, 0.15) is 6.04 Å². The first-order valence-electron chi connectivity index (χ1n) is 4.14. The molecule has 2 atom stereocenters. The van der Waals surface area contributed by atoms with E-state index in [4.69, 9.17) is 5.73 Å². The van der Waals surface area contributed by atoms with Gasteiger partial charge in [-0.15, -0.1) is 0 Å². The van der Waals surface area contributed by atoms with Gasteiger partial charge in [-0.3, -0.25) is 9.59 Å². The van der Waals surface area contributed by atoms with Crippen LogP contribution in [0.25, 0.3) is 0 Å². The summed E-state index contributed by atoms with van der Waals surface area (Å²) >= 11 is 4.10. The highest BCUT2D eigenvalue weighted by atomic mass is 32.1. The van der Waals surface area contributed by atoms with E-state index < -0.39 is 17.2 Å². The summed E-state index contributed by atoms with van der Waals surface area (Å²) in [7, 11) is 0. The molecule has 2 amide bonds. The van der Waals surface area contributed by atoms with Crippen LogP contribution in [0.3, 0.4) is 0 Å². The van der Waals surface area contributed by atoms with Gasteiger partial charge in [-0.05, 0) is 12.8 Å². The second kappa shape index (κ2) is 5.11. The Bertz CT molecular complexity index is 206. The van der Waals surface area contributed by atoms with Crippen molar-refractivity contribution in [1.82, 2.24) is 5.32 Å². The number of nitrogens with two attached hydrogens (primary N) is 1. The molecule has 0 saturated carbocycles. The molecule has 0 aliphatic heterocycles. The van der Waals surface area contributed by atoms with Crippen LogP contribution >= 0.6 is 12.6 Å². The third-order valence-corrected chi connectivity index (χ3v) is 2.52. The molecule has 5 heteroatoms. The molecule has 3 N–H and O–H groups in total. The fourth-order valence-corrected chi connectivity index (χ4v) is 0.747. The molecule has 0 radical (unpaired) electrons. The van der Waals surface area contributed by atoms with Crippen molar-refractivity contribution in [3.05, 3.63) is 0 Å². The Morgan fingerprint density at radius 1 is 1.31 bits per heavy atom. The number of primary amides is 1.